The zero-order valence-corrected chi connectivity index (χ0v) is 17.3. The average molecular weight is 410 g/mol. The molecule has 4 aromatic rings. The van der Waals surface area contributed by atoms with Crippen LogP contribution < -0.4 is 0 Å². The van der Waals surface area contributed by atoms with Gasteiger partial charge in [0.25, 0.3) is 0 Å². The van der Waals surface area contributed by atoms with Gasteiger partial charge in [-0.2, -0.15) is 0 Å². The number of hydrogen-bond donors (Lipinski definition) is 0. The van der Waals surface area contributed by atoms with Crippen molar-refractivity contribution in [3.8, 4) is 0 Å². The van der Waals surface area contributed by atoms with E-state index < -0.39 is 0 Å². The maximum Gasteiger partial charge on any atom is 0.191 e. The molecular weight excluding hydrogens is 386 g/mol. The van der Waals surface area contributed by atoms with Gasteiger partial charge in [0.2, 0.25) is 0 Å². The molecular formula is C21H23N5S2. The highest BCUT2D eigenvalue weighted by Gasteiger charge is 2.23. The smallest absolute Gasteiger partial charge is 0.191 e. The summed E-state index contributed by atoms with van der Waals surface area (Å²) in [6, 6.07) is 10.9. The van der Waals surface area contributed by atoms with Crippen LogP contribution >= 0.6 is 23.1 Å². The molecule has 0 aliphatic heterocycles. The van der Waals surface area contributed by atoms with Crippen LogP contribution in [0.3, 0.4) is 0 Å². The SMILES string of the molecule is c1csc(Cc2nnc(SCc3cn4ccccc4n3)n2C2CCCCC2)c1. The van der Waals surface area contributed by atoms with Crippen molar-refractivity contribution in [3.05, 3.63) is 64.5 Å². The zero-order valence-electron chi connectivity index (χ0n) is 15.7. The molecule has 0 spiro atoms. The summed E-state index contributed by atoms with van der Waals surface area (Å²) in [5.74, 6) is 1.91. The van der Waals surface area contributed by atoms with E-state index in [1.807, 2.05) is 24.4 Å². The fourth-order valence-electron chi connectivity index (χ4n) is 4.00. The van der Waals surface area contributed by atoms with E-state index in [1.54, 1.807) is 23.1 Å². The van der Waals surface area contributed by atoms with Gasteiger partial charge in [-0.25, -0.2) is 4.98 Å². The van der Waals surface area contributed by atoms with Crippen LogP contribution in [0.5, 0.6) is 0 Å². The van der Waals surface area contributed by atoms with Gasteiger partial charge >= 0.3 is 0 Å². The number of thioether (sulfide) groups is 1. The monoisotopic (exact) mass is 409 g/mol. The molecule has 4 aromatic heterocycles. The van der Waals surface area contributed by atoms with Crippen molar-refractivity contribution in [1.82, 2.24) is 24.1 Å². The lowest BCUT2D eigenvalue weighted by atomic mass is 9.95. The van der Waals surface area contributed by atoms with Crippen LogP contribution in [-0.4, -0.2) is 24.1 Å². The second kappa shape index (κ2) is 8.09. The normalized spacial score (nSPS) is 15.4. The Kier molecular flexibility index (Phi) is 5.18. The molecule has 0 N–H and O–H groups in total. The van der Waals surface area contributed by atoms with E-state index in [0.29, 0.717) is 6.04 Å². The highest BCUT2D eigenvalue weighted by Crippen LogP contribution is 2.34. The highest BCUT2D eigenvalue weighted by atomic mass is 32.2. The van der Waals surface area contributed by atoms with Crippen LogP contribution in [0.1, 0.15) is 54.5 Å². The first kappa shape index (κ1) is 17.9. The molecule has 1 aliphatic rings. The summed E-state index contributed by atoms with van der Waals surface area (Å²) in [7, 11) is 0. The van der Waals surface area contributed by atoms with E-state index in [4.69, 9.17) is 4.98 Å². The lowest BCUT2D eigenvalue weighted by Gasteiger charge is -2.25. The topological polar surface area (TPSA) is 48.0 Å². The molecule has 0 unspecified atom stereocenters. The summed E-state index contributed by atoms with van der Waals surface area (Å²) in [4.78, 5) is 6.07. The molecule has 0 aromatic carbocycles. The summed E-state index contributed by atoms with van der Waals surface area (Å²) >= 11 is 3.55. The summed E-state index contributed by atoms with van der Waals surface area (Å²) in [5, 5.41) is 12.4. The zero-order chi connectivity index (χ0) is 18.8. The molecule has 0 atom stereocenters. The van der Waals surface area contributed by atoms with E-state index in [9.17, 15) is 0 Å². The van der Waals surface area contributed by atoms with Crippen LogP contribution in [0.15, 0.2) is 53.3 Å². The summed E-state index contributed by atoms with van der Waals surface area (Å²) in [6.45, 7) is 0. The molecule has 7 heteroatoms. The molecule has 4 heterocycles. The molecule has 0 amide bonds. The Bertz CT molecular complexity index is 1010. The van der Waals surface area contributed by atoms with Gasteiger partial charge in [0.05, 0.1) is 5.69 Å². The number of pyridine rings is 1. The van der Waals surface area contributed by atoms with E-state index in [-0.39, 0.29) is 0 Å². The molecule has 0 bridgehead atoms. The fourth-order valence-corrected chi connectivity index (χ4v) is 5.61. The molecule has 1 saturated carbocycles. The Hall–Kier alpha value is -2.12. The number of thiophene rings is 1. The van der Waals surface area contributed by atoms with Gasteiger partial charge in [0.15, 0.2) is 5.16 Å². The van der Waals surface area contributed by atoms with Crippen molar-refractivity contribution in [3.63, 3.8) is 0 Å². The van der Waals surface area contributed by atoms with Crippen molar-refractivity contribution < 1.29 is 0 Å². The predicted octanol–water partition coefficient (Wildman–Crippen LogP) is 5.38. The van der Waals surface area contributed by atoms with Crippen LogP contribution in [0.4, 0.5) is 0 Å². The number of nitrogens with zero attached hydrogens (tertiary/aromatic N) is 5. The lowest BCUT2D eigenvalue weighted by Crippen LogP contribution is -2.16. The van der Waals surface area contributed by atoms with Gasteiger partial charge in [0, 0.05) is 35.5 Å². The van der Waals surface area contributed by atoms with E-state index in [0.717, 1.165) is 34.5 Å². The predicted molar refractivity (Wildman–Crippen MR) is 114 cm³/mol. The minimum atomic E-state index is 0.530. The number of rotatable bonds is 6. The van der Waals surface area contributed by atoms with Gasteiger partial charge in [-0.3, -0.25) is 0 Å². The second-order valence-corrected chi connectivity index (χ2v) is 9.28. The van der Waals surface area contributed by atoms with E-state index >= 15 is 0 Å². The summed E-state index contributed by atoms with van der Waals surface area (Å²) in [6.07, 6.45) is 11.4. The largest absolute Gasteiger partial charge is 0.307 e. The minimum absolute atomic E-state index is 0.530. The molecule has 144 valence electrons. The van der Waals surface area contributed by atoms with E-state index in [1.165, 1.54) is 37.0 Å². The first-order valence-electron chi connectivity index (χ1n) is 9.88. The maximum atomic E-state index is 4.72. The van der Waals surface area contributed by atoms with Gasteiger partial charge in [-0.1, -0.05) is 43.2 Å². The third-order valence-corrected chi connectivity index (χ3v) is 7.20. The Morgan fingerprint density at radius 1 is 1.07 bits per heavy atom. The molecule has 1 aliphatic carbocycles. The van der Waals surface area contributed by atoms with Gasteiger partial charge in [0.1, 0.15) is 11.5 Å². The van der Waals surface area contributed by atoms with Gasteiger partial charge in [-0.05, 0) is 36.4 Å². The van der Waals surface area contributed by atoms with Gasteiger partial charge in [-0.15, -0.1) is 21.5 Å². The summed E-state index contributed by atoms with van der Waals surface area (Å²) < 4.78 is 4.50. The maximum absolute atomic E-state index is 4.72. The number of aromatic nitrogens is 5. The second-order valence-electron chi connectivity index (χ2n) is 7.30. The number of imidazole rings is 1. The highest BCUT2D eigenvalue weighted by molar-refractivity contribution is 7.98. The first-order chi connectivity index (χ1) is 13.9. The van der Waals surface area contributed by atoms with Crippen molar-refractivity contribution in [2.24, 2.45) is 0 Å². The third-order valence-electron chi connectivity index (χ3n) is 5.35. The third kappa shape index (κ3) is 3.73. The quantitative estimate of drug-likeness (QED) is 0.401. The first-order valence-corrected chi connectivity index (χ1v) is 11.7. The Morgan fingerprint density at radius 3 is 2.82 bits per heavy atom. The van der Waals surface area contributed by atoms with Crippen molar-refractivity contribution >= 4 is 28.7 Å². The molecule has 0 saturated heterocycles. The number of hydrogen-bond acceptors (Lipinski definition) is 5. The van der Waals surface area contributed by atoms with Crippen LogP contribution in [0.2, 0.25) is 0 Å². The minimum Gasteiger partial charge on any atom is -0.307 e. The van der Waals surface area contributed by atoms with E-state index in [2.05, 4.69) is 42.9 Å². The Labute approximate surface area is 172 Å². The number of fused-ring (bicyclic) bond motifs is 1. The standard InChI is InChI=1S/C21H23N5S2/c1-2-7-17(8-3-1)26-20(13-18-9-6-12-27-18)23-24-21(26)28-15-16-14-25-11-5-4-10-19(25)22-16/h4-6,9-12,14,17H,1-3,7-8,13,15H2. The lowest BCUT2D eigenvalue weighted by molar-refractivity contribution is 0.330. The molecule has 0 radical (unpaired) electrons. The van der Waals surface area contributed by atoms with Crippen LogP contribution in [0, 0.1) is 0 Å². The molecule has 5 rings (SSSR count). The Morgan fingerprint density at radius 2 is 2.00 bits per heavy atom. The van der Waals surface area contributed by atoms with Gasteiger partial charge < -0.3 is 8.97 Å². The Balaban J connectivity index is 1.40. The van der Waals surface area contributed by atoms with Crippen molar-refractivity contribution in [2.45, 2.75) is 55.5 Å². The molecule has 28 heavy (non-hydrogen) atoms. The summed E-state index contributed by atoms with van der Waals surface area (Å²) in [5.41, 5.74) is 2.07. The fraction of sp³-hybridized carbons (Fsp3) is 0.381. The van der Waals surface area contributed by atoms with Crippen molar-refractivity contribution in [2.75, 3.05) is 0 Å². The average Bonchev–Trinajstić information content (AvgIpc) is 3.47. The van der Waals surface area contributed by atoms with Crippen LogP contribution in [-0.2, 0) is 12.2 Å². The molecule has 5 nitrogen and oxygen atoms in total. The van der Waals surface area contributed by atoms with Crippen LogP contribution in [0.25, 0.3) is 5.65 Å². The molecule has 1 fully saturated rings. The van der Waals surface area contributed by atoms with Crippen molar-refractivity contribution in [1.29, 1.82) is 0 Å².